The summed E-state index contributed by atoms with van der Waals surface area (Å²) in [6.45, 7) is 2.96. The van der Waals surface area contributed by atoms with E-state index in [-0.39, 0.29) is 6.04 Å². The smallest absolute Gasteiger partial charge is 0.242 e. The number of aryl methyl sites for hydroxylation is 1. The Kier molecular flexibility index (Phi) is 2.74. The zero-order valence-electron chi connectivity index (χ0n) is 8.28. The molecule has 0 spiro atoms. The molecule has 0 aromatic carbocycles. The number of nitrogens with zero attached hydrogens (tertiary/aromatic N) is 3. The summed E-state index contributed by atoms with van der Waals surface area (Å²) in [6.07, 6.45) is 3.17. The van der Waals surface area contributed by atoms with Crippen LogP contribution < -0.4 is 5.73 Å². The summed E-state index contributed by atoms with van der Waals surface area (Å²) in [5, 5.41) is 4.50. The van der Waals surface area contributed by atoms with E-state index in [4.69, 9.17) is 17.3 Å². The Hall–Kier alpha value is -0.610. The average Bonchev–Trinajstić information content (AvgIpc) is 2.42. The number of rotatable bonds is 2. The first-order chi connectivity index (χ1) is 6.65. The van der Waals surface area contributed by atoms with E-state index in [1.807, 2.05) is 11.6 Å². The van der Waals surface area contributed by atoms with Gasteiger partial charge in [0.1, 0.15) is 5.82 Å². The minimum Gasteiger partial charge on any atom is -0.328 e. The zero-order valence-corrected chi connectivity index (χ0v) is 9.04. The fraction of sp³-hybridized carbons (Fsp3) is 0.778. The highest BCUT2D eigenvalue weighted by Crippen LogP contribution is 2.22. The van der Waals surface area contributed by atoms with Crippen molar-refractivity contribution in [3.05, 3.63) is 11.1 Å². The lowest BCUT2D eigenvalue weighted by Crippen LogP contribution is -2.27. The predicted molar refractivity (Wildman–Crippen MR) is 55.1 cm³/mol. The number of hydrogen-bond donors (Lipinski definition) is 1. The SMILES string of the molecule is CC(N)CC1CCc2nc(Cl)nn2C1. The van der Waals surface area contributed by atoms with Crippen LogP contribution in [0.3, 0.4) is 0 Å². The summed E-state index contributed by atoms with van der Waals surface area (Å²) in [4.78, 5) is 4.15. The first kappa shape index (κ1) is 9.93. The summed E-state index contributed by atoms with van der Waals surface area (Å²) in [5.41, 5.74) is 5.78. The molecule has 0 radical (unpaired) electrons. The van der Waals surface area contributed by atoms with Crippen LogP contribution in [-0.4, -0.2) is 20.8 Å². The Balaban J connectivity index is 2.05. The molecule has 1 aliphatic rings. The van der Waals surface area contributed by atoms with Gasteiger partial charge in [-0.3, -0.25) is 0 Å². The number of nitrogens with two attached hydrogens (primary N) is 1. The van der Waals surface area contributed by atoms with E-state index in [1.165, 1.54) is 0 Å². The Morgan fingerprint density at radius 2 is 2.50 bits per heavy atom. The van der Waals surface area contributed by atoms with Crippen LogP contribution >= 0.6 is 11.6 Å². The Labute approximate surface area is 88.5 Å². The van der Waals surface area contributed by atoms with Crippen molar-refractivity contribution in [1.82, 2.24) is 14.8 Å². The molecule has 0 amide bonds. The van der Waals surface area contributed by atoms with E-state index >= 15 is 0 Å². The lowest BCUT2D eigenvalue weighted by Gasteiger charge is -2.23. The third-order valence-electron chi connectivity index (χ3n) is 2.63. The molecular formula is C9H15ClN4. The van der Waals surface area contributed by atoms with Crippen LogP contribution in [0.1, 0.15) is 25.6 Å². The Bertz CT molecular complexity index is 321. The van der Waals surface area contributed by atoms with Crippen LogP contribution in [0, 0.1) is 5.92 Å². The maximum absolute atomic E-state index is 5.78. The average molecular weight is 215 g/mol. The summed E-state index contributed by atoms with van der Waals surface area (Å²) in [6, 6.07) is 0.264. The molecule has 0 saturated carbocycles. The summed E-state index contributed by atoms with van der Waals surface area (Å²) in [7, 11) is 0. The highest BCUT2D eigenvalue weighted by atomic mass is 35.5. The van der Waals surface area contributed by atoms with Gasteiger partial charge in [0.05, 0.1) is 0 Å². The molecule has 2 heterocycles. The predicted octanol–water partition coefficient (Wildman–Crippen LogP) is 1.23. The summed E-state index contributed by atoms with van der Waals surface area (Å²) >= 11 is 5.74. The molecule has 0 saturated heterocycles. The minimum absolute atomic E-state index is 0.264. The third-order valence-corrected chi connectivity index (χ3v) is 2.80. The van der Waals surface area contributed by atoms with Crippen molar-refractivity contribution < 1.29 is 0 Å². The van der Waals surface area contributed by atoms with Crippen LogP contribution in [0.5, 0.6) is 0 Å². The van der Waals surface area contributed by atoms with Gasteiger partial charge in [0.25, 0.3) is 0 Å². The van der Waals surface area contributed by atoms with E-state index in [0.717, 1.165) is 31.6 Å². The van der Waals surface area contributed by atoms with Gasteiger partial charge in [0.15, 0.2) is 0 Å². The molecule has 4 nitrogen and oxygen atoms in total. The standard InChI is InChI=1S/C9H15ClN4/c1-6(11)4-7-2-3-8-12-9(10)13-14(8)5-7/h6-7H,2-5,11H2,1H3. The zero-order chi connectivity index (χ0) is 10.1. The molecule has 0 bridgehead atoms. The van der Waals surface area contributed by atoms with Crippen molar-refractivity contribution in [3.63, 3.8) is 0 Å². The maximum atomic E-state index is 5.78. The van der Waals surface area contributed by atoms with Crippen LogP contribution in [0.2, 0.25) is 5.28 Å². The molecule has 1 aliphatic heterocycles. The van der Waals surface area contributed by atoms with Gasteiger partial charge in [0, 0.05) is 19.0 Å². The lowest BCUT2D eigenvalue weighted by atomic mass is 9.93. The number of aromatic nitrogens is 3. The second kappa shape index (κ2) is 3.87. The first-order valence-electron chi connectivity index (χ1n) is 5.00. The monoisotopic (exact) mass is 214 g/mol. The molecule has 5 heteroatoms. The highest BCUT2D eigenvalue weighted by molar-refractivity contribution is 6.28. The third kappa shape index (κ3) is 2.07. The van der Waals surface area contributed by atoms with Crippen molar-refractivity contribution in [2.75, 3.05) is 0 Å². The van der Waals surface area contributed by atoms with Gasteiger partial charge in [-0.05, 0) is 37.3 Å². The molecule has 2 rings (SSSR count). The molecule has 0 aliphatic carbocycles. The quantitative estimate of drug-likeness (QED) is 0.806. The Morgan fingerprint density at radius 3 is 3.21 bits per heavy atom. The molecule has 2 unspecified atom stereocenters. The van der Waals surface area contributed by atoms with Crippen molar-refractivity contribution in [1.29, 1.82) is 0 Å². The molecule has 0 fully saturated rings. The first-order valence-corrected chi connectivity index (χ1v) is 5.37. The van der Waals surface area contributed by atoms with Gasteiger partial charge in [-0.1, -0.05) is 0 Å². The van der Waals surface area contributed by atoms with Gasteiger partial charge in [-0.25, -0.2) is 9.67 Å². The fourth-order valence-corrected chi connectivity index (χ4v) is 2.25. The van der Waals surface area contributed by atoms with Crippen LogP contribution in [0.4, 0.5) is 0 Å². The molecule has 2 atom stereocenters. The molecule has 2 N–H and O–H groups in total. The number of fused-ring (bicyclic) bond motifs is 1. The van der Waals surface area contributed by atoms with E-state index in [0.29, 0.717) is 11.2 Å². The maximum Gasteiger partial charge on any atom is 0.242 e. The van der Waals surface area contributed by atoms with E-state index in [2.05, 4.69) is 10.1 Å². The lowest BCUT2D eigenvalue weighted by molar-refractivity contribution is 0.310. The van der Waals surface area contributed by atoms with Gasteiger partial charge < -0.3 is 5.73 Å². The normalized spacial score (nSPS) is 23.2. The molecule has 1 aromatic rings. The van der Waals surface area contributed by atoms with Crippen LogP contribution in [-0.2, 0) is 13.0 Å². The largest absolute Gasteiger partial charge is 0.328 e. The van der Waals surface area contributed by atoms with E-state index in [9.17, 15) is 0 Å². The number of halogens is 1. The van der Waals surface area contributed by atoms with Crippen LogP contribution in [0.15, 0.2) is 0 Å². The summed E-state index contributed by atoms with van der Waals surface area (Å²) in [5.74, 6) is 1.64. The van der Waals surface area contributed by atoms with Gasteiger partial charge in [-0.15, -0.1) is 5.10 Å². The molecular weight excluding hydrogens is 200 g/mol. The summed E-state index contributed by atoms with van der Waals surface area (Å²) < 4.78 is 1.92. The molecule has 1 aromatic heterocycles. The van der Waals surface area contributed by atoms with Crippen LogP contribution in [0.25, 0.3) is 0 Å². The van der Waals surface area contributed by atoms with E-state index in [1.54, 1.807) is 0 Å². The van der Waals surface area contributed by atoms with Crippen molar-refractivity contribution in [2.45, 2.75) is 38.8 Å². The number of hydrogen-bond acceptors (Lipinski definition) is 3. The molecule has 78 valence electrons. The van der Waals surface area contributed by atoms with Gasteiger partial charge in [0.2, 0.25) is 5.28 Å². The second-order valence-electron chi connectivity index (χ2n) is 4.10. The minimum atomic E-state index is 0.264. The topological polar surface area (TPSA) is 56.7 Å². The fourth-order valence-electron chi connectivity index (χ4n) is 2.06. The molecule has 14 heavy (non-hydrogen) atoms. The van der Waals surface area contributed by atoms with Crippen molar-refractivity contribution in [2.24, 2.45) is 11.7 Å². The van der Waals surface area contributed by atoms with Gasteiger partial charge >= 0.3 is 0 Å². The van der Waals surface area contributed by atoms with Crippen molar-refractivity contribution in [3.8, 4) is 0 Å². The van der Waals surface area contributed by atoms with E-state index < -0.39 is 0 Å². The second-order valence-corrected chi connectivity index (χ2v) is 4.43. The Morgan fingerprint density at radius 1 is 1.71 bits per heavy atom. The van der Waals surface area contributed by atoms with Crippen molar-refractivity contribution >= 4 is 11.6 Å². The highest BCUT2D eigenvalue weighted by Gasteiger charge is 2.21. The van der Waals surface area contributed by atoms with Gasteiger partial charge in [-0.2, -0.15) is 0 Å².